The quantitative estimate of drug-likeness (QED) is 0.679. The molecule has 0 aromatic heterocycles. The van der Waals surface area contributed by atoms with Crippen molar-refractivity contribution in [2.45, 2.75) is 38.8 Å². The van der Waals surface area contributed by atoms with Crippen LogP contribution < -0.4 is 10.5 Å². The normalized spacial score (nSPS) is 29.7. The molecule has 1 aliphatic carbocycles. The summed E-state index contributed by atoms with van der Waals surface area (Å²) in [5.41, 5.74) is 5.99. The summed E-state index contributed by atoms with van der Waals surface area (Å²) >= 11 is 3.36. The van der Waals surface area contributed by atoms with E-state index in [4.69, 9.17) is 10.5 Å². The van der Waals surface area contributed by atoms with E-state index in [9.17, 15) is 10.1 Å². The fourth-order valence-corrected chi connectivity index (χ4v) is 2.71. The zero-order chi connectivity index (χ0) is 14.2. The van der Waals surface area contributed by atoms with Crippen molar-refractivity contribution in [3.05, 3.63) is 32.8 Å². The van der Waals surface area contributed by atoms with E-state index in [0.717, 1.165) is 17.3 Å². The molecule has 0 saturated heterocycles. The molecule has 2 N–H and O–H groups in total. The Bertz CT molecular complexity index is 509. The number of halogens is 1. The molecule has 0 amide bonds. The van der Waals surface area contributed by atoms with Gasteiger partial charge in [0.05, 0.1) is 15.5 Å². The minimum atomic E-state index is -0.426. The molecule has 2 rings (SSSR count). The van der Waals surface area contributed by atoms with Crippen LogP contribution in [0, 0.1) is 15.5 Å². The van der Waals surface area contributed by atoms with E-state index in [1.165, 1.54) is 12.1 Å². The highest BCUT2D eigenvalue weighted by atomic mass is 79.9. The van der Waals surface area contributed by atoms with Crippen LogP contribution in [-0.4, -0.2) is 17.1 Å². The molecule has 3 atom stereocenters. The van der Waals surface area contributed by atoms with E-state index in [1.54, 1.807) is 6.07 Å². The summed E-state index contributed by atoms with van der Waals surface area (Å²) in [6, 6.07) is 4.65. The van der Waals surface area contributed by atoms with Crippen LogP contribution in [0.15, 0.2) is 22.7 Å². The Balaban J connectivity index is 2.20. The van der Waals surface area contributed by atoms with Gasteiger partial charge in [0.15, 0.2) is 0 Å². The van der Waals surface area contributed by atoms with Crippen LogP contribution in [0.5, 0.6) is 5.75 Å². The van der Waals surface area contributed by atoms with Crippen molar-refractivity contribution in [2.75, 3.05) is 0 Å². The van der Waals surface area contributed by atoms with E-state index in [-0.39, 0.29) is 23.2 Å². The number of non-ortho nitro benzene ring substituents is 1. The van der Waals surface area contributed by atoms with Gasteiger partial charge in [0, 0.05) is 23.9 Å². The summed E-state index contributed by atoms with van der Waals surface area (Å²) in [5.74, 6) is 0.505. The number of nitro groups is 1. The topological polar surface area (TPSA) is 78.4 Å². The summed E-state index contributed by atoms with van der Waals surface area (Å²) in [6.45, 7) is 4.18. The molecule has 0 heterocycles. The molecular weight excluding hydrogens is 312 g/mol. The Kier molecular flexibility index (Phi) is 3.82. The maximum absolute atomic E-state index is 10.8. The summed E-state index contributed by atoms with van der Waals surface area (Å²) in [4.78, 5) is 10.4. The Morgan fingerprint density at radius 1 is 1.63 bits per heavy atom. The number of benzene rings is 1. The largest absolute Gasteiger partial charge is 0.488 e. The van der Waals surface area contributed by atoms with Crippen molar-refractivity contribution in [2.24, 2.45) is 11.1 Å². The number of nitrogens with two attached hydrogens (primary N) is 1. The van der Waals surface area contributed by atoms with Gasteiger partial charge in [-0.3, -0.25) is 10.1 Å². The van der Waals surface area contributed by atoms with Crippen LogP contribution in [0.4, 0.5) is 5.69 Å². The molecule has 3 unspecified atom stereocenters. The molecule has 0 spiro atoms. The highest BCUT2D eigenvalue weighted by Crippen LogP contribution is 2.46. The van der Waals surface area contributed by atoms with Gasteiger partial charge < -0.3 is 10.5 Å². The third kappa shape index (κ3) is 2.47. The van der Waals surface area contributed by atoms with Crippen molar-refractivity contribution < 1.29 is 9.66 Å². The van der Waals surface area contributed by atoms with Crippen molar-refractivity contribution in [3.63, 3.8) is 0 Å². The fraction of sp³-hybridized carbons (Fsp3) is 0.538. The molecule has 1 fully saturated rings. The smallest absolute Gasteiger partial charge is 0.273 e. The number of nitro benzene ring substituents is 1. The first kappa shape index (κ1) is 14.3. The number of hydrogen-bond donors (Lipinski definition) is 1. The van der Waals surface area contributed by atoms with Crippen molar-refractivity contribution in [1.82, 2.24) is 0 Å². The zero-order valence-corrected chi connectivity index (χ0v) is 12.5. The Morgan fingerprint density at radius 2 is 2.32 bits per heavy atom. The monoisotopic (exact) mass is 328 g/mol. The zero-order valence-electron chi connectivity index (χ0n) is 10.9. The Labute approximate surface area is 120 Å². The molecular formula is C13H17BrN2O3. The van der Waals surface area contributed by atoms with Crippen LogP contribution in [-0.2, 0) is 0 Å². The lowest BCUT2D eigenvalue weighted by molar-refractivity contribution is -0.385. The van der Waals surface area contributed by atoms with Crippen molar-refractivity contribution in [1.29, 1.82) is 0 Å². The maximum atomic E-state index is 10.8. The molecule has 0 radical (unpaired) electrons. The molecule has 104 valence electrons. The molecule has 6 heteroatoms. The summed E-state index contributed by atoms with van der Waals surface area (Å²) in [5, 5.41) is 10.8. The standard InChI is InChI=1S/C13H17BrN2O3/c1-3-13(2)11(15)7-12(13)19-10-6-8(16(17)18)4-5-9(10)14/h4-6,11-12H,3,7,15H2,1-2H3. The predicted molar refractivity (Wildman–Crippen MR) is 76.2 cm³/mol. The van der Waals surface area contributed by atoms with E-state index >= 15 is 0 Å². The molecule has 1 aromatic rings. The molecule has 5 nitrogen and oxygen atoms in total. The first-order valence-corrected chi connectivity index (χ1v) is 7.04. The highest BCUT2D eigenvalue weighted by Gasteiger charge is 2.50. The van der Waals surface area contributed by atoms with Crippen molar-refractivity contribution in [3.8, 4) is 5.75 Å². The second-order valence-corrected chi connectivity index (χ2v) is 6.03. The van der Waals surface area contributed by atoms with E-state index in [1.807, 2.05) is 0 Å². The van der Waals surface area contributed by atoms with Gasteiger partial charge in [-0.25, -0.2) is 0 Å². The van der Waals surface area contributed by atoms with Gasteiger partial charge in [-0.1, -0.05) is 13.8 Å². The molecule has 1 aliphatic rings. The van der Waals surface area contributed by atoms with Crippen LogP contribution in [0.3, 0.4) is 0 Å². The second kappa shape index (κ2) is 5.09. The van der Waals surface area contributed by atoms with Crippen LogP contribution in [0.1, 0.15) is 26.7 Å². The van der Waals surface area contributed by atoms with Crippen LogP contribution in [0.2, 0.25) is 0 Å². The number of rotatable bonds is 4. The van der Waals surface area contributed by atoms with Gasteiger partial charge in [0.2, 0.25) is 0 Å². The summed E-state index contributed by atoms with van der Waals surface area (Å²) in [7, 11) is 0. The Hall–Kier alpha value is -1.14. The highest BCUT2D eigenvalue weighted by molar-refractivity contribution is 9.10. The molecule has 19 heavy (non-hydrogen) atoms. The van der Waals surface area contributed by atoms with E-state index in [0.29, 0.717) is 5.75 Å². The van der Waals surface area contributed by atoms with Gasteiger partial charge in [0.25, 0.3) is 5.69 Å². The lowest BCUT2D eigenvalue weighted by atomic mass is 9.62. The fourth-order valence-electron chi connectivity index (χ4n) is 2.37. The van der Waals surface area contributed by atoms with Crippen LogP contribution >= 0.6 is 15.9 Å². The average molecular weight is 329 g/mol. The number of ether oxygens (including phenoxy) is 1. The number of hydrogen-bond acceptors (Lipinski definition) is 4. The SMILES string of the molecule is CCC1(C)C(N)CC1Oc1cc([N+](=O)[O-])ccc1Br. The first-order chi connectivity index (χ1) is 8.88. The average Bonchev–Trinajstić information content (AvgIpc) is 2.39. The third-order valence-electron chi connectivity index (χ3n) is 4.21. The van der Waals surface area contributed by atoms with E-state index < -0.39 is 4.92 Å². The lowest BCUT2D eigenvalue weighted by Gasteiger charge is -2.51. The Morgan fingerprint density at radius 3 is 2.84 bits per heavy atom. The minimum Gasteiger partial charge on any atom is -0.488 e. The summed E-state index contributed by atoms with van der Waals surface area (Å²) < 4.78 is 6.64. The molecule has 1 aromatic carbocycles. The van der Waals surface area contributed by atoms with Gasteiger partial charge in [-0.05, 0) is 28.4 Å². The van der Waals surface area contributed by atoms with Gasteiger partial charge >= 0.3 is 0 Å². The molecule has 1 saturated carbocycles. The molecule has 0 bridgehead atoms. The van der Waals surface area contributed by atoms with E-state index in [2.05, 4.69) is 29.8 Å². The maximum Gasteiger partial charge on any atom is 0.273 e. The van der Waals surface area contributed by atoms with Gasteiger partial charge in [0.1, 0.15) is 11.9 Å². The third-order valence-corrected chi connectivity index (χ3v) is 4.86. The van der Waals surface area contributed by atoms with Gasteiger partial charge in [-0.2, -0.15) is 0 Å². The van der Waals surface area contributed by atoms with Crippen molar-refractivity contribution >= 4 is 21.6 Å². The predicted octanol–water partition coefficient (Wildman–Crippen LogP) is 3.25. The van der Waals surface area contributed by atoms with Gasteiger partial charge in [-0.15, -0.1) is 0 Å². The minimum absolute atomic E-state index is 0.00537. The first-order valence-electron chi connectivity index (χ1n) is 6.24. The lowest BCUT2D eigenvalue weighted by Crippen LogP contribution is -2.61. The second-order valence-electron chi connectivity index (χ2n) is 5.18. The van der Waals surface area contributed by atoms with Crippen LogP contribution in [0.25, 0.3) is 0 Å². The summed E-state index contributed by atoms with van der Waals surface area (Å²) in [6.07, 6.45) is 1.70. The molecule has 0 aliphatic heterocycles. The number of nitrogens with zero attached hydrogens (tertiary/aromatic N) is 1.